The van der Waals surface area contributed by atoms with Crippen molar-refractivity contribution >= 4 is 10.9 Å². The van der Waals surface area contributed by atoms with Gasteiger partial charge in [0.15, 0.2) is 0 Å². The van der Waals surface area contributed by atoms with Gasteiger partial charge in [0.05, 0.1) is 29.0 Å². The average molecular weight is 366 g/mol. The first kappa shape index (κ1) is 16.4. The molecule has 1 aromatic heterocycles. The number of pyridine rings is 2. The number of para-hydroxylation sites is 2. The van der Waals surface area contributed by atoms with Crippen LogP contribution in [-0.4, -0.2) is 19.3 Å². The van der Waals surface area contributed by atoms with Gasteiger partial charge >= 0.3 is 0 Å². The van der Waals surface area contributed by atoms with Crippen molar-refractivity contribution in [3.63, 3.8) is 0 Å². The van der Waals surface area contributed by atoms with Crippen LogP contribution in [-0.2, 0) is 6.54 Å². The number of hydrogen-bond acceptors (Lipinski definition) is 3. The Kier molecular flexibility index (Phi) is 3.79. The van der Waals surface area contributed by atoms with E-state index in [0.29, 0.717) is 12.1 Å². The number of fused-ring (bicyclic) bond motifs is 3. The minimum atomic E-state index is -0.107. The van der Waals surface area contributed by atoms with E-state index in [1.54, 1.807) is 6.20 Å². The fraction of sp³-hybridized carbons (Fsp3) is 0.0870. The molecule has 2 aliphatic heterocycles. The quantitative estimate of drug-likeness (QED) is 0.484. The van der Waals surface area contributed by atoms with Crippen LogP contribution in [0.5, 0.6) is 0 Å². The lowest BCUT2D eigenvalue weighted by Gasteiger charge is -2.13. The van der Waals surface area contributed by atoms with E-state index in [9.17, 15) is 4.79 Å². The molecule has 28 heavy (non-hydrogen) atoms. The lowest BCUT2D eigenvalue weighted by molar-refractivity contribution is 0.800. The Morgan fingerprint density at radius 3 is 2.54 bits per heavy atom. The van der Waals surface area contributed by atoms with Crippen LogP contribution in [0, 0.1) is 6.92 Å². The van der Waals surface area contributed by atoms with Gasteiger partial charge < -0.3 is 4.57 Å². The number of rotatable bonds is 3. The van der Waals surface area contributed by atoms with E-state index >= 15 is 0 Å². The van der Waals surface area contributed by atoms with Crippen LogP contribution < -0.4 is 5.56 Å². The maximum atomic E-state index is 13.2. The average Bonchev–Trinajstić information content (AvgIpc) is 3.06. The molecule has 0 saturated carbocycles. The second kappa shape index (κ2) is 6.46. The van der Waals surface area contributed by atoms with Crippen LogP contribution in [0.15, 0.2) is 83.9 Å². The summed E-state index contributed by atoms with van der Waals surface area (Å²) in [5.74, 6) is 0. The molecule has 3 aromatic rings. The fourth-order valence-electron chi connectivity index (χ4n) is 3.64. The molecule has 0 N–H and O–H groups in total. The third kappa shape index (κ3) is 2.60. The Bertz CT molecular complexity index is 1320. The summed E-state index contributed by atoms with van der Waals surface area (Å²) in [4.78, 5) is 17.6. The first-order valence-electron chi connectivity index (χ1n) is 9.19. The molecule has 2 aromatic carbocycles. The van der Waals surface area contributed by atoms with E-state index in [0.717, 1.165) is 33.5 Å². The topological polar surface area (TPSA) is 52.7 Å². The molecule has 0 bridgehead atoms. The van der Waals surface area contributed by atoms with Crippen molar-refractivity contribution in [2.24, 2.45) is 0 Å². The maximum Gasteiger partial charge on any atom is 0.282 e. The van der Waals surface area contributed by atoms with Gasteiger partial charge in [-0.1, -0.05) is 42.5 Å². The Hall–Kier alpha value is -3.73. The highest BCUT2D eigenvalue weighted by Crippen LogP contribution is 2.28. The number of nitrogens with zero attached hydrogens (tertiary/aromatic N) is 4. The summed E-state index contributed by atoms with van der Waals surface area (Å²) in [6, 6.07) is 21.7. The Labute approximate surface area is 161 Å². The smallest absolute Gasteiger partial charge is 0.282 e. The molecular formula is C23H18N4O. The normalized spacial score (nSPS) is 11.3. The first-order chi connectivity index (χ1) is 13.7. The van der Waals surface area contributed by atoms with Crippen LogP contribution in [0.1, 0.15) is 11.3 Å². The Morgan fingerprint density at radius 1 is 0.929 bits per heavy atom. The van der Waals surface area contributed by atoms with Gasteiger partial charge in [-0.25, -0.2) is 0 Å². The van der Waals surface area contributed by atoms with Crippen LogP contribution in [0.4, 0.5) is 0 Å². The van der Waals surface area contributed by atoms with Crippen LogP contribution in [0.25, 0.3) is 27.8 Å². The van der Waals surface area contributed by atoms with Crippen LogP contribution >= 0.6 is 0 Å². The summed E-state index contributed by atoms with van der Waals surface area (Å²) >= 11 is 0. The molecule has 5 rings (SSSR count). The highest BCUT2D eigenvalue weighted by atomic mass is 16.1. The zero-order chi connectivity index (χ0) is 19.1. The molecule has 0 amide bonds. The molecule has 0 aliphatic carbocycles. The number of hydrogen-bond donors (Lipinski definition) is 0. The van der Waals surface area contributed by atoms with Crippen molar-refractivity contribution < 1.29 is 0 Å². The van der Waals surface area contributed by atoms with E-state index in [-0.39, 0.29) is 5.56 Å². The van der Waals surface area contributed by atoms with Gasteiger partial charge in [-0.05, 0) is 36.8 Å². The second-order valence-electron chi connectivity index (χ2n) is 6.86. The second-order valence-corrected chi connectivity index (χ2v) is 6.86. The van der Waals surface area contributed by atoms with E-state index in [1.807, 2.05) is 73.8 Å². The van der Waals surface area contributed by atoms with E-state index in [1.165, 1.54) is 4.68 Å². The molecular weight excluding hydrogens is 348 g/mol. The Morgan fingerprint density at radius 2 is 1.71 bits per heavy atom. The monoisotopic (exact) mass is 366 g/mol. The first-order valence-corrected chi connectivity index (χ1v) is 9.19. The molecule has 0 unspecified atom stereocenters. The molecule has 0 radical (unpaired) electrons. The van der Waals surface area contributed by atoms with Crippen molar-refractivity contribution in [2.75, 3.05) is 0 Å². The molecule has 0 atom stereocenters. The van der Waals surface area contributed by atoms with Gasteiger partial charge in [-0.15, -0.1) is 0 Å². The van der Waals surface area contributed by atoms with Crippen molar-refractivity contribution in [1.29, 1.82) is 0 Å². The SMILES string of the molecule is Cc1ccccc1-n1nc2c3ccccc3n(Cc3ccccn3)cc-2c1=O. The van der Waals surface area contributed by atoms with Crippen LogP contribution in [0.2, 0.25) is 0 Å². The summed E-state index contributed by atoms with van der Waals surface area (Å²) in [5, 5.41) is 5.65. The summed E-state index contributed by atoms with van der Waals surface area (Å²) < 4.78 is 3.59. The molecule has 0 spiro atoms. The van der Waals surface area contributed by atoms with Crippen molar-refractivity contribution in [3.8, 4) is 16.9 Å². The lowest BCUT2D eigenvalue weighted by Crippen LogP contribution is -2.16. The maximum absolute atomic E-state index is 13.2. The van der Waals surface area contributed by atoms with Gasteiger partial charge in [0, 0.05) is 17.8 Å². The van der Waals surface area contributed by atoms with Crippen molar-refractivity contribution in [1.82, 2.24) is 19.3 Å². The van der Waals surface area contributed by atoms with Crippen molar-refractivity contribution in [2.45, 2.75) is 13.5 Å². The highest BCUT2D eigenvalue weighted by molar-refractivity contribution is 5.93. The predicted octanol–water partition coefficient (Wildman–Crippen LogP) is 4.04. The minimum Gasteiger partial charge on any atom is -0.341 e. The zero-order valence-electron chi connectivity index (χ0n) is 15.4. The fourth-order valence-corrected chi connectivity index (χ4v) is 3.64. The molecule has 136 valence electrons. The summed E-state index contributed by atoms with van der Waals surface area (Å²) in [6.07, 6.45) is 3.68. The van der Waals surface area contributed by atoms with Gasteiger partial charge in [-0.3, -0.25) is 9.78 Å². The van der Waals surface area contributed by atoms with E-state index < -0.39 is 0 Å². The van der Waals surface area contributed by atoms with E-state index in [4.69, 9.17) is 5.10 Å². The van der Waals surface area contributed by atoms with Gasteiger partial charge in [0.1, 0.15) is 5.69 Å². The standard InChI is InChI=1S/C23H18N4O/c1-16-8-2-4-11-20(16)27-23(28)19-15-26(14-17-9-6-7-13-24-17)21-12-5-3-10-18(21)22(19)25-27/h2-13,15H,14H2,1H3. The summed E-state index contributed by atoms with van der Waals surface area (Å²) in [6.45, 7) is 2.58. The largest absolute Gasteiger partial charge is 0.341 e. The molecule has 0 saturated heterocycles. The minimum absolute atomic E-state index is 0.107. The molecule has 5 heteroatoms. The molecule has 3 heterocycles. The number of benzene rings is 2. The summed E-state index contributed by atoms with van der Waals surface area (Å²) in [5.41, 5.74) is 5.01. The Balaban J connectivity index is 1.79. The van der Waals surface area contributed by atoms with E-state index in [2.05, 4.69) is 15.6 Å². The third-order valence-corrected chi connectivity index (χ3v) is 5.03. The van der Waals surface area contributed by atoms with Gasteiger partial charge in [-0.2, -0.15) is 9.78 Å². The van der Waals surface area contributed by atoms with Crippen molar-refractivity contribution in [3.05, 3.63) is 101 Å². The number of aromatic nitrogens is 4. The predicted molar refractivity (Wildman–Crippen MR) is 110 cm³/mol. The third-order valence-electron chi connectivity index (χ3n) is 5.03. The lowest BCUT2D eigenvalue weighted by atomic mass is 10.1. The zero-order valence-corrected chi connectivity index (χ0v) is 15.4. The van der Waals surface area contributed by atoms with Gasteiger partial charge in [0.2, 0.25) is 0 Å². The highest BCUT2D eigenvalue weighted by Gasteiger charge is 2.21. The summed E-state index contributed by atoms with van der Waals surface area (Å²) in [7, 11) is 0. The number of aryl methyl sites for hydroxylation is 1. The molecule has 5 nitrogen and oxygen atoms in total. The molecule has 0 fully saturated rings. The van der Waals surface area contributed by atoms with Gasteiger partial charge in [0.25, 0.3) is 5.56 Å². The van der Waals surface area contributed by atoms with Crippen LogP contribution in [0.3, 0.4) is 0 Å². The molecule has 2 aliphatic rings.